The van der Waals surface area contributed by atoms with Gasteiger partial charge in [-0.3, -0.25) is 9.59 Å². The van der Waals surface area contributed by atoms with Crippen molar-refractivity contribution in [2.75, 3.05) is 7.05 Å². The molecule has 138 valence electrons. The summed E-state index contributed by atoms with van der Waals surface area (Å²) in [5.74, 6) is -0.522. The van der Waals surface area contributed by atoms with Crippen molar-refractivity contribution in [1.82, 2.24) is 10.2 Å². The van der Waals surface area contributed by atoms with Crippen molar-refractivity contribution >= 4 is 46.6 Å². The third-order valence-corrected chi connectivity index (χ3v) is 5.18. The average molecular weight is 414 g/mol. The summed E-state index contributed by atoms with van der Waals surface area (Å²) in [5.41, 5.74) is 1.29. The van der Waals surface area contributed by atoms with E-state index in [0.717, 1.165) is 0 Å². The van der Waals surface area contributed by atoms with E-state index in [0.29, 0.717) is 26.2 Å². The largest absolute Gasteiger partial charge is 0.357 e. The number of likely N-dealkylation sites (N-methyl/N-ethyl adjacent to an activating group) is 1. The van der Waals surface area contributed by atoms with Gasteiger partial charge in [0.1, 0.15) is 6.04 Å². The van der Waals surface area contributed by atoms with Gasteiger partial charge in [-0.15, -0.1) is 0 Å². The first-order valence-electron chi connectivity index (χ1n) is 8.02. The van der Waals surface area contributed by atoms with E-state index in [9.17, 15) is 9.59 Å². The molecule has 0 aromatic heterocycles. The van der Waals surface area contributed by atoms with E-state index < -0.39 is 6.04 Å². The Labute approximate surface area is 168 Å². The second kappa shape index (κ2) is 9.26. The molecule has 4 nitrogen and oxygen atoms in total. The van der Waals surface area contributed by atoms with Gasteiger partial charge < -0.3 is 10.2 Å². The Morgan fingerprint density at radius 3 is 2.15 bits per heavy atom. The van der Waals surface area contributed by atoms with Crippen molar-refractivity contribution in [2.45, 2.75) is 25.9 Å². The van der Waals surface area contributed by atoms with Crippen LogP contribution in [0, 0.1) is 0 Å². The number of hydrogen-bond acceptors (Lipinski definition) is 2. The van der Waals surface area contributed by atoms with Gasteiger partial charge in [-0.1, -0.05) is 59.1 Å². The van der Waals surface area contributed by atoms with Gasteiger partial charge in [0.25, 0.3) is 0 Å². The fourth-order valence-corrected chi connectivity index (χ4v) is 3.27. The zero-order chi connectivity index (χ0) is 19.3. The van der Waals surface area contributed by atoms with Crippen LogP contribution in [-0.4, -0.2) is 29.8 Å². The van der Waals surface area contributed by atoms with Crippen molar-refractivity contribution in [1.29, 1.82) is 0 Å². The highest BCUT2D eigenvalue weighted by Crippen LogP contribution is 2.27. The number of carbonyl (C=O) groups is 2. The fourth-order valence-electron chi connectivity index (χ4n) is 2.55. The number of halogens is 3. The Morgan fingerprint density at radius 2 is 1.58 bits per heavy atom. The molecule has 0 unspecified atom stereocenters. The second-order valence-corrected chi connectivity index (χ2v) is 7.00. The van der Waals surface area contributed by atoms with Crippen molar-refractivity contribution in [2.24, 2.45) is 0 Å². The summed E-state index contributed by atoms with van der Waals surface area (Å²) in [6.45, 7) is 1.78. The van der Waals surface area contributed by atoms with E-state index in [1.807, 2.05) is 6.07 Å². The van der Waals surface area contributed by atoms with Gasteiger partial charge in [-0.05, 0) is 30.7 Å². The van der Waals surface area contributed by atoms with Crippen LogP contribution in [0.5, 0.6) is 0 Å². The summed E-state index contributed by atoms with van der Waals surface area (Å²) in [5, 5.41) is 3.95. The highest BCUT2D eigenvalue weighted by atomic mass is 35.5. The first-order chi connectivity index (χ1) is 12.3. The Hall–Kier alpha value is -1.75. The summed E-state index contributed by atoms with van der Waals surface area (Å²) in [7, 11) is 1.53. The topological polar surface area (TPSA) is 49.4 Å². The first-order valence-corrected chi connectivity index (χ1v) is 9.16. The maximum Gasteiger partial charge on any atom is 0.242 e. The summed E-state index contributed by atoms with van der Waals surface area (Å²) in [6, 6.07) is 11.5. The lowest BCUT2D eigenvalue weighted by Gasteiger charge is -2.29. The molecule has 0 fully saturated rings. The quantitative estimate of drug-likeness (QED) is 0.765. The molecule has 0 spiro atoms. The van der Waals surface area contributed by atoms with Gasteiger partial charge in [0.05, 0.1) is 6.42 Å². The molecule has 2 amide bonds. The highest BCUT2D eigenvalue weighted by Gasteiger charge is 2.27. The van der Waals surface area contributed by atoms with Crippen molar-refractivity contribution < 1.29 is 9.59 Å². The molecular weight excluding hydrogens is 395 g/mol. The third-order valence-electron chi connectivity index (χ3n) is 4.10. The van der Waals surface area contributed by atoms with E-state index in [2.05, 4.69) is 5.32 Å². The van der Waals surface area contributed by atoms with Gasteiger partial charge in [-0.25, -0.2) is 0 Å². The molecule has 0 saturated heterocycles. The van der Waals surface area contributed by atoms with E-state index in [-0.39, 0.29) is 24.8 Å². The van der Waals surface area contributed by atoms with Gasteiger partial charge in [-0.2, -0.15) is 0 Å². The van der Waals surface area contributed by atoms with Crippen LogP contribution in [0.3, 0.4) is 0 Å². The molecule has 0 bridgehead atoms. The summed E-state index contributed by atoms with van der Waals surface area (Å²) in [6.07, 6.45) is 0.0725. The van der Waals surface area contributed by atoms with Gasteiger partial charge in [0, 0.05) is 34.2 Å². The van der Waals surface area contributed by atoms with Gasteiger partial charge in [0.15, 0.2) is 0 Å². The van der Waals surface area contributed by atoms with Crippen LogP contribution in [-0.2, 0) is 22.6 Å². The molecule has 0 saturated carbocycles. The molecule has 0 aliphatic heterocycles. The monoisotopic (exact) mass is 412 g/mol. The van der Waals surface area contributed by atoms with E-state index in [1.54, 1.807) is 43.3 Å². The number of carbonyl (C=O) groups excluding carboxylic acids is 2. The maximum absolute atomic E-state index is 13.0. The average Bonchev–Trinajstić information content (AvgIpc) is 2.62. The molecule has 2 aromatic carbocycles. The van der Waals surface area contributed by atoms with E-state index >= 15 is 0 Å². The molecule has 0 heterocycles. The summed E-state index contributed by atoms with van der Waals surface area (Å²) in [4.78, 5) is 26.5. The smallest absolute Gasteiger partial charge is 0.242 e. The van der Waals surface area contributed by atoms with Gasteiger partial charge in [0.2, 0.25) is 11.8 Å². The Bertz CT molecular complexity index is 791. The molecule has 1 atom stereocenters. The van der Waals surface area contributed by atoms with Crippen LogP contribution in [0.1, 0.15) is 18.1 Å². The number of rotatable bonds is 6. The van der Waals surface area contributed by atoms with E-state index in [4.69, 9.17) is 34.8 Å². The molecule has 0 aliphatic carbocycles. The SMILES string of the molecule is CNC(=O)[C@H](C)N(Cc1c(Cl)cccc1Cl)C(=O)Cc1ccccc1Cl. The molecule has 2 aromatic rings. The lowest BCUT2D eigenvalue weighted by molar-refractivity contribution is -0.139. The Balaban J connectivity index is 2.33. The molecule has 7 heteroatoms. The minimum absolute atomic E-state index is 0.0725. The van der Waals surface area contributed by atoms with Crippen LogP contribution >= 0.6 is 34.8 Å². The number of nitrogens with zero attached hydrogens (tertiary/aromatic N) is 1. The number of nitrogens with one attached hydrogen (secondary N) is 1. The normalized spacial score (nSPS) is 11.7. The lowest BCUT2D eigenvalue weighted by atomic mass is 10.1. The molecule has 0 aliphatic rings. The predicted octanol–water partition coefficient (Wildman–Crippen LogP) is 4.35. The Morgan fingerprint density at radius 1 is 1.00 bits per heavy atom. The van der Waals surface area contributed by atoms with Crippen LogP contribution in [0.4, 0.5) is 0 Å². The van der Waals surface area contributed by atoms with Crippen LogP contribution in [0.25, 0.3) is 0 Å². The minimum atomic E-state index is -0.692. The fraction of sp³-hybridized carbons (Fsp3) is 0.263. The highest BCUT2D eigenvalue weighted by molar-refractivity contribution is 6.36. The molecule has 1 N–H and O–H groups in total. The molecule has 0 radical (unpaired) electrons. The molecular formula is C19H19Cl3N2O2. The second-order valence-electron chi connectivity index (χ2n) is 5.78. The van der Waals surface area contributed by atoms with Crippen LogP contribution in [0.2, 0.25) is 15.1 Å². The zero-order valence-electron chi connectivity index (χ0n) is 14.4. The predicted molar refractivity (Wildman–Crippen MR) is 106 cm³/mol. The number of hydrogen-bond donors (Lipinski definition) is 1. The molecule has 2 rings (SSSR count). The van der Waals surface area contributed by atoms with E-state index in [1.165, 1.54) is 11.9 Å². The zero-order valence-corrected chi connectivity index (χ0v) is 16.7. The standard InChI is InChI=1S/C19H19Cl3N2O2/c1-12(19(26)23-2)24(11-14-16(21)8-5-9-17(14)22)18(25)10-13-6-3-4-7-15(13)20/h3-9,12H,10-11H2,1-2H3,(H,23,26)/t12-/m0/s1. The van der Waals surface area contributed by atoms with Crippen molar-refractivity contribution in [3.05, 3.63) is 68.7 Å². The molecule has 26 heavy (non-hydrogen) atoms. The summed E-state index contributed by atoms with van der Waals surface area (Å²) < 4.78 is 0. The summed E-state index contributed by atoms with van der Waals surface area (Å²) >= 11 is 18.6. The number of amides is 2. The number of benzene rings is 2. The lowest BCUT2D eigenvalue weighted by Crippen LogP contribution is -2.47. The first kappa shape index (κ1) is 20.6. The Kier molecular flexibility index (Phi) is 7.33. The van der Waals surface area contributed by atoms with Gasteiger partial charge >= 0.3 is 0 Å². The van der Waals surface area contributed by atoms with Crippen molar-refractivity contribution in [3.8, 4) is 0 Å². The van der Waals surface area contributed by atoms with Crippen LogP contribution < -0.4 is 5.32 Å². The van der Waals surface area contributed by atoms with Crippen LogP contribution in [0.15, 0.2) is 42.5 Å². The van der Waals surface area contributed by atoms with Crippen molar-refractivity contribution in [3.63, 3.8) is 0 Å². The maximum atomic E-state index is 13.0. The minimum Gasteiger partial charge on any atom is -0.357 e. The third kappa shape index (κ3) is 4.91.